The van der Waals surface area contributed by atoms with E-state index in [2.05, 4.69) is 17.4 Å². The van der Waals surface area contributed by atoms with Gasteiger partial charge in [-0.3, -0.25) is 0 Å². The fraction of sp³-hybridized carbons (Fsp3) is 0.538. The van der Waals surface area contributed by atoms with Crippen molar-refractivity contribution < 1.29 is 9.47 Å². The van der Waals surface area contributed by atoms with E-state index in [-0.39, 0.29) is 0 Å². The second-order valence-electron chi connectivity index (χ2n) is 4.21. The molecule has 0 amide bonds. The lowest BCUT2D eigenvalue weighted by Gasteiger charge is -2.10. The molecule has 0 radical (unpaired) electrons. The van der Waals surface area contributed by atoms with Crippen molar-refractivity contribution in [3.8, 4) is 5.75 Å². The Hall–Kier alpha value is -1.06. The molecule has 16 heavy (non-hydrogen) atoms. The molecule has 1 aromatic rings. The molecule has 0 unspecified atom stereocenters. The molecule has 2 rings (SSSR count). The van der Waals surface area contributed by atoms with Crippen LogP contribution in [0.2, 0.25) is 0 Å². The number of hydrogen-bond acceptors (Lipinski definition) is 3. The zero-order valence-corrected chi connectivity index (χ0v) is 9.74. The molecule has 0 aliphatic carbocycles. The fourth-order valence-corrected chi connectivity index (χ4v) is 1.95. The highest BCUT2D eigenvalue weighted by Crippen LogP contribution is 2.13. The Bertz CT molecular complexity index is 321. The van der Waals surface area contributed by atoms with Crippen LogP contribution >= 0.6 is 0 Å². The largest absolute Gasteiger partial charge is 0.497 e. The van der Waals surface area contributed by atoms with E-state index in [1.807, 2.05) is 12.1 Å². The topological polar surface area (TPSA) is 30.5 Å². The zero-order valence-electron chi connectivity index (χ0n) is 9.74. The predicted molar refractivity (Wildman–Crippen MR) is 63.6 cm³/mol. The highest BCUT2D eigenvalue weighted by Gasteiger charge is 2.14. The third-order valence-corrected chi connectivity index (χ3v) is 2.92. The first kappa shape index (κ1) is 11.4. The van der Waals surface area contributed by atoms with Crippen molar-refractivity contribution in [2.24, 2.45) is 5.92 Å². The summed E-state index contributed by atoms with van der Waals surface area (Å²) in [6.45, 7) is 3.77. The lowest BCUT2D eigenvalue weighted by atomic mass is 10.1. The van der Waals surface area contributed by atoms with E-state index in [9.17, 15) is 0 Å². The van der Waals surface area contributed by atoms with Gasteiger partial charge in [-0.15, -0.1) is 0 Å². The van der Waals surface area contributed by atoms with Crippen molar-refractivity contribution in [1.82, 2.24) is 5.32 Å². The highest BCUT2D eigenvalue weighted by atomic mass is 16.5. The quantitative estimate of drug-likeness (QED) is 0.822. The van der Waals surface area contributed by atoms with Crippen LogP contribution < -0.4 is 10.1 Å². The number of hydrogen-bond donors (Lipinski definition) is 1. The Morgan fingerprint density at radius 3 is 3.19 bits per heavy atom. The minimum atomic E-state index is 0.686. The Morgan fingerprint density at radius 2 is 2.44 bits per heavy atom. The summed E-state index contributed by atoms with van der Waals surface area (Å²) in [6, 6.07) is 8.17. The number of rotatable bonds is 5. The smallest absolute Gasteiger partial charge is 0.119 e. The van der Waals surface area contributed by atoms with Crippen molar-refractivity contribution >= 4 is 0 Å². The summed E-state index contributed by atoms with van der Waals surface area (Å²) >= 11 is 0. The summed E-state index contributed by atoms with van der Waals surface area (Å²) in [4.78, 5) is 0. The molecule has 1 aromatic carbocycles. The van der Waals surface area contributed by atoms with E-state index in [4.69, 9.17) is 9.47 Å². The first-order valence-corrected chi connectivity index (χ1v) is 5.80. The van der Waals surface area contributed by atoms with Crippen LogP contribution in [-0.4, -0.2) is 26.9 Å². The van der Waals surface area contributed by atoms with Crippen molar-refractivity contribution in [2.45, 2.75) is 13.0 Å². The molecule has 1 heterocycles. The minimum absolute atomic E-state index is 0.686. The van der Waals surface area contributed by atoms with Crippen molar-refractivity contribution in [3.63, 3.8) is 0 Å². The monoisotopic (exact) mass is 221 g/mol. The van der Waals surface area contributed by atoms with Gasteiger partial charge in [-0.2, -0.15) is 0 Å². The van der Waals surface area contributed by atoms with E-state index in [0.29, 0.717) is 5.92 Å². The van der Waals surface area contributed by atoms with Crippen molar-refractivity contribution in [2.75, 3.05) is 26.9 Å². The summed E-state index contributed by atoms with van der Waals surface area (Å²) in [5.74, 6) is 1.61. The molecule has 1 aliphatic heterocycles. The van der Waals surface area contributed by atoms with Gasteiger partial charge in [0.15, 0.2) is 0 Å². The Kier molecular flexibility index (Phi) is 4.19. The molecule has 1 aliphatic rings. The predicted octanol–water partition coefficient (Wildman–Crippen LogP) is 1.82. The average Bonchev–Trinajstić information content (AvgIpc) is 2.82. The van der Waals surface area contributed by atoms with Gasteiger partial charge in [0.1, 0.15) is 5.75 Å². The van der Waals surface area contributed by atoms with Crippen LogP contribution in [0.15, 0.2) is 24.3 Å². The molecular weight excluding hydrogens is 202 g/mol. The molecule has 3 nitrogen and oxygen atoms in total. The molecule has 0 spiro atoms. The Morgan fingerprint density at radius 1 is 1.50 bits per heavy atom. The van der Waals surface area contributed by atoms with Crippen LogP contribution in [0.3, 0.4) is 0 Å². The molecular formula is C13H19NO2. The SMILES string of the molecule is COc1cccc(CNC[C@H]2CCOC2)c1. The summed E-state index contributed by atoms with van der Waals surface area (Å²) in [6.07, 6.45) is 1.19. The standard InChI is InChI=1S/C13H19NO2/c1-15-13-4-2-3-11(7-13)8-14-9-12-5-6-16-10-12/h2-4,7,12,14H,5-6,8-10H2,1H3/t12-/m1/s1. The molecule has 0 saturated carbocycles. The zero-order chi connectivity index (χ0) is 11.2. The molecule has 1 saturated heterocycles. The molecule has 0 bridgehead atoms. The van der Waals surface area contributed by atoms with Crippen LogP contribution in [0, 0.1) is 5.92 Å². The summed E-state index contributed by atoms with van der Waals surface area (Å²) in [7, 11) is 1.70. The maximum Gasteiger partial charge on any atom is 0.119 e. The number of nitrogens with one attached hydrogen (secondary N) is 1. The van der Waals surface area contributed by atoms with Crippen molar-refractivity contribution in [1.29, 1.82) is 0 Å². The third-order valence-electron chi connectivity index (χ3n) is 2.92. The molecule has 1 atom stereocenters. The van der Waals surface area contributed by atoms with Gasteiger partial charge in [-0.05, 0) is 30.0 Å². The third kappa shape index (κ3) is 3.22. The maximum absolute atomic E-state index is 5.34. The molecule has 88 valence electrons. The minimum Gasteiger partial charge on any atom is -0.497 e. The van der Waals surface area contributed by atoms with E-state index >= 15 is 0 Å². The summed E-state index contributed by atoms with van der Waals surface area (Å²) in [5, 5.41) is 3.46. The Labute approximate surface area is 96.8 Å². The summed E-state index contributed by atoms with van der Waals surface area (Å²) < 4.78 is 10.5. The molecule has 3 heteroatoms. The van der Waals surface area contributed by atoms with Crippen LogP contribution in [0.4, 0.5) is 0 Å². The highest BCUT2D eigenvalue weighted by molar-refractivity contribution is 5.28. The number of methoxy groups -OCH3 is 1. The fourth-order valence-electron chi connectivity index (χ4n) is 1.95. The van der Waals surface area contributed by atoms with Crippen molar-refractivity contribution in [3.05, 3.63) is 29.8 Å². The van der Waals surface area contributed by atoms with Gasteiger partial charge in [-0.1, -0.05) is 12.1 Å². The Balaban J connectivity index is 1.75. The van der Waals surface area contributed by atoms with Crippen LogP contribution in [0.25, 0.3) is 0 Å². The van der Waals surface area contributed by atoms with E-state index in [1.54, 1.807) is 7.11 Å². The number of benzene rings is 1. The lowest BCUT2D eigenvalue weighted by molar-refractivity contribution is 0.185. The molecule has 1 fully saturated rings. The van der Waals surface area contributed by atoms with Gasteiger partial charge < -0.3 is 14.8 Å². The average molecular weight is 221 g/mol. The van der Waals surface area contributed by atoms with E-state index in [0.717, 1.165) is 32.1 Å². The van der Waals surface area contributed by atoms with E-state index in [1.165, 1.54) is 12.0 Å². The van der Waals surface area contributed by atoms with Gasteiger partial charge in [0.2, 0.25) is 0 Å². The second kappa shape index (κ2) is 5.87. The normalized spacial score (nSPS) is 19.9. The van der Waals surface area contributed by atoms with Gasteiger partial charge in [-0.25, -0.2) is 0 Å². The molecule has 1 N–H and O–H groups in total. The summed E-state index contributed by atoms with van der Waals surface area (Å²) in [5.41, 5.74) is 1.26. The second-order valence-corrected chi connectivity index (χ2v) is 4.21. The van der Waals surface area contributed by atoms with Gasteiger partial charge in [0, 0.05) is 19.7 Å². The van der Waals surface area contributed by atoms with Gasteiger partial charge >= 0.3 is 0 Å². The van der Waals surface area contributed by atoms with E-state index < -0.39 is 0 Å². The first-order chi connectivity index (χ1) is 7.88. The van der Waals surface area contributed by atoms with Gasteiger partial charge in [0.05, 0.1) is 13.7 Å². The van der Waals surface area contributed by atoms with Crippen LogP contribution in [0.5, 0.6) is 5.75 Å². The van der Waals surface area contributed by atoms with Gasteiger partial charge in [0.25, 0.3) is 0 Å². The lowest BCUT2D eigenvalue weighted by Crippen LogP contribution is -2.22. The maximum atomic E-state index is 5.34. The number of ether oxygens (including phenoxy) is 2. The molecule has 0 aromatic heterocycles. The first-order valence-electron chi connectivity index (χ1n) is 5.80. The van der Waals surface area contributed by atoms with Crippen LogP contribution in [0.1, 0.15) is 12.0 Å². The van der Waals surface area contributed by atoms with Crippen LogP contribution in [-0.2, 0) is 11.3 Å².